The number of aryl methyl sites for hydroxylation is 2. The van der Waals surface area contributed by atoms with Crippen LogP contribution in [0.5, 0.6) is 0 Å². The van der Waals surface area contributed by atoms with Gasteiger partial charge in [-0.1, -0.05) is 0 Å². The first-order valence-electron chi connectivity index (χ1n) is 4.43. The molecule has 0 saturated carbocycles. The molecule has 0 bridgehead atoms. The van der Waals surface area contributed by atoms with Gasteiger partial charge in [-0.3, -0.25) is 9.78 Å². The maximum atomic E-state index is 12.6. The maximum Gasteiger partial charge on any atom is 0.322 e. The molecule has 1 N–H and O–H groups in total. The molecule has 1 heterocycles. The van der Waals surface area contributed by atoms with Crippen molar-refractivity contribution in [3.63, 3.8) is 0 Å². The summed E-state index contributed by atoms with van der Waals surface area (Å²) in [4.78, 5) is 15.0. The Hall–Kier alpha value is -1.52. The van der Waals surface area contributed by atoms with E-state index in [9.17, 15) is 13.6 Å². The van der Waals surface area contributed by atoms with Crippen molar-refractivity contribution < 1.29 is 13.6 Å². The second-order valence-corrected chi connectivity index (χ2v) is 3.48. The molecule has 0 fully saturated rings. The summed E-state index contributed by atoms with van der Waals surface area (Å²) in [6, 6.07) is 3.08. The van der Waals surface area contributed by atoms with Gasteiger partial charge in [0.25, 0.3) is 5.91 Å². The molecule has 0 aromatic carbocycles. The lowest BCUT2D eigenvalue weighted by molar-refractivity contribution is -0.137. The van der Waals surface area contributed by atoms with E-state index in [-0.39, 0.29) is 0 Å². The normalized spacial score (nSPS) is 11.3. The number of alkyl halides is 2. The third-order valence-electron chi connectivity index (χ3n) is 1.74. The van der Waals surface area contributed by atoms with Gasteiger partial charge in [0.15, 0.2) is 0 Å². The Morgan fingerprint density at radius 3 is 2.20 bits per heavy atom. The molecular weight excluding hydrogens is 202 g/mol. The molecule has 1 rings (SSSR count). The Morgan fingerprint density at radius 2 is 1.80 bits per heavy atom. The van der Waals surface area contributed by atoms with Crippen LogP contribution in [0.3, 0.4) is 0 Å². The largest absolute Gasteiger partial charge is 0.322 e. The molecular formula is C10H12F2N2O. The second-order valence-electron chi connectivity index (χ2n) is 3.48. The lowest BCUT2D eigenvalue weighted by Crippen LogP contribution is -2.31. The summed E-state index contributed by atoms with van der Waals surface area (Å²) in [5.41, 5.74) is 1.68. The number of aromatic nitrogens is 1. The molecule has 5 heteroatoms. The molecule has 1 amide bonds. The Labute approximate surface area is 86.5 Å². The average molecular weight is 214 g/mol. The van der Waals surface area contributed by atoms with Crippen molar-refractivity contribution in [2.75, 3.05) is 5.32 Å². The van der Waals surface area contributed by atoms with Gasteiger partial charge in [0.05, 0.1) is 0 Å². The predicted octanol–water partition coefficient (Wildman–Crippen LogP) is 2.29. The molecule has 3 nitrogen and oxygen atoms in total. The van der Waals surface area contributed by atoms with E-state index < -0.39 is 11.8 Å². The molecule has 0 aliphatic rings. The Kier molecular flexibility index (Phi) is 3.02. The highest BCUT2D eigenvalue weighted by Gasteiger charge is 2.32. The highest BCUT2D eigenvalue weighted by atomic mass is 19.3. The van der Waals surface area contributed by atoms with E-state index in [0.29, 0.717) is 24.0 Å². The Morgan fingerprint density at radius 1 is 1.33 bits per heavy atom. The number of carbonyl (C=O) groups is 1. The molecule has 0 aliphatic heterocycles. The fourth-order valence-electron chi connectivity index (χ4n) is 1.15. The summed E-state index contributed by atoms with van der Waals surface area (Å²) in [5, 5.41) is 2.13. The number of nitrogens with one attached hydrogen (secondary N) is 1. The zero-order valence-electron chi connectivity index (χ0n) is 8.77. The van der Waals surface area contributed by atoms with Gasteiger partial charge in [-0.2, -0.15) is 8.78 Å². The minimum atomic E-state index is -3.37. The van der Waals surface area contributed by atoms with E-state index in [4.69, 9.17) is 0 Å². The smallest absolute Gasteiger partial charge is 0.321 e. The van der Waals surface area contributed by atoms with Gasteiger partial charge in [-0.15, -0.1) is 0 Å². The third-order valence-corrected chi connectivity index (χ3v) is 1.74. The van der Waals surface area contributed by atoms with Crippen molar-refractivity contribution in [3.05, 3.63) is 23.5 Å². The summed E-state index contributed by atoms with van der Waals surface area (Å²) in [7, 11) is 0. The van der Waals surface area contributed by atoms with E-state index in [2.05, 4.69) is 10.3 Å². The van der Waals surface area contributed by atoms with Crippen molar-refractivity contribution in [2.24, 2.45) is 0 Å². The summed E-state index contributed by atoms with van der Waals surface area (Å²) < 4.78 is 25.1. The first kappa shape index (κ1) is 11.6. The van der Waals surface area contributed by atoms with Gasteiger partial charge in [-0.05, 0) is 26.0 Å². The predicted molar refractivity (Wildman–Crippen MR) is 53.0 cm³/mol. The fourth-order valence-corrected chi connectivity index (χ4v) is 1.15. The number of pyridine rings is 1. The number of anilines is 1. The molecule has 15 heavy (non-hydrogen) atoms. The standard InChI is InChI=1S/C10H12F2N2O/c1-6-4-8(5-7(2)13-6)14-9(15)10(3,11)12/h4-5H,1-3H3,(H,13,14,15). The van der Waals surface area contributed by atoms with Crippen molar-refractivity contribution in [3.8, 4) is 0 Å². The molecule has 0 unspecified atom stereocenters. The van der Waals surface area contributed by atoms with Crippen molar-refractivity contribution in [1.29, 1.82) is 0 Å². The van der Waals surface area contributed by atoms with Crippen LogP contribution in [-0.2, 0) is 4.79 Å². The monoisotopic (exact) mass is 214 g/mol. The first-order valence-corrected chi connectivity index (χ1v) is 4.43. The lowest BCUT2D eigenvalue weighted by atomic mass is 10.2. The number of hydrogen-bond acceptors (Lipinski definition) is 2. The fraction of sp³-hybridized carbons (Fsp3) is 0.400. The quantitative estimate of drug-likeness (QED) is 0.820. The minimum absolute atomic E-state index is 0.339. The van der Waals surface area contributed by atoms with Gasteiger partial charge >= 0.3 is 5.92 Å². The molecule has 0 radical (unpaired) electrons. The lowest BCUT2D eigenvalue weighted by Gasteiger charge is -2.11. The number of halogens is 2. The molecule has 0 spiro atoms. The van der Waals surface area contributed by atoms with Crippen LogP contribution < -0.4 is 5.32 Å². The van der Waals surface area contributed by atoms with Crippen LogP contribution in [-0.4, -0.2) is 16.8 Å². The highest BCUT2D eigenvalue weighted by molar-refractivity contribution is 5.95. The summed E-state index contributed by atoms with van der Waals surface area (Å²) >= 11 is 0. The van der Waals surface area contributed by atoms with Gasteiger partial charge in [0.1, 0.15) is 0 Å². The second kappa shape index (κ2) is 3.92. The number of amides is 1. The maximum absolute atomic E-state index is 12.6. The van der Waals surface area contributed by atoms with E-state index in [0.717, 1.165) is 0 Å². The zero-order chi connectivity index (χ0) is 11.6. The zero-order valence-corrected chi connectivity index (χ0v) is 8.77. The summed E-state index contributed by atoms with van der Waals surface area (Å²) in [6.07, 6.45) is 0. The van der Waals surface area contributed by atoms with E-state index in [1.807, 2.05) is 0 Å². The Balaban J connectivity index is 2.86. The van der Waals surface area contributed by atoms with Crippen LogP contribution in [0.15, 0.2) is 12.1 Å². The number of hydrogen-bond donors (Lipinski definition) is 1. The molecule has 1 aromatic rings. The topological polar surface area (TPSA) is 42.0 Å². The third kappa shape index (κ3) is 3.27. The van der Waals surface area contributed by atoms with Crippen molar-refractivity contribution in [1.82, 2.24) is 4.98 Å². The van der Waals surface area contributed by atoms with Crippen LogP contribution in [0.2, 0.25) is 0 Å². The molecule has 0 saturated heterocycles. The van der Waals surface area contributed by atoms with Gasteiger partial charge in [0.2, 0.25) is 0 Å². The summed E-state index contributed by atoms with van der Waals surface area (Å²) in [5.74, 6) is -4.68. The van der Waals surface area contributed by atoms with Crippen molar-refractivity contribution >= 4 is 11.6 Å². The minimum Gasteiger partial charge on any atom is -0.321 e. The molecule has 1 aromatic heterocycles. The molecule has 82 valence electrons. The van der Waals surface area contributed by atoms with Crippen LogP contribution in [0.25, 0.3) is 0 Å². The Bertz CT molecular complexity index is 365. The van der Waals surface area contributed by atoms with Crippen LogP contribution in [0, 0.1) is 13.8 Å². The van der Waals surface area contributed by atoms with Crippen LogP contribution >= 0.6 is 0 Å². The van der Waals surface area contributed by atoms with Gasteiger partial charge in [0, 0.05) is 24.0 Å². The average Bonchev–Trinajstić information content (AvgIpc) is 1.99. The molecule has 0 atom stereocenters. The van der Waals surface area contributed by atoms with Gasteiger partial charge < -0.3 is 5.32 Å². The van der Waals surface area contributed by atoms with Crippen LogP contribution in [0.1, 0.15) is 18.3 Å². The highest BCUT2D eigenvalue weighted by Crippen LogP contribution is 2.17. The van der Waals surface area contributed by atoms with Crippen LogP contribution in [0.4, 0.5) is 14.5 Å². The van der Waals surface area contributed by atoms with E-state index >= 15 is 0 Å². The van der Waals surface area contributed by atoms with E-state index in [1.165, 1.54) is 12.1 Å². The SMILES string of the molecule is Cc1cc(NC(=O)C(C)(F)F)cc(C)n1. The number of rotatable bonds is 2. The van der Waals surface area contributed by atoms with E-state index in [1.54, 1.807) is 13.8 Å². The van der Waals surface area contributed by atoms with Gasteiger partial charge in [-0.25, -0.2) is 0 Å². The molecule has 0 aliphatic carbocycles. The number of carbonyl (C=O) groups excluding carboxylic acids is 1. The summed E-state index contributed by atoms with van der Waals surface area (Å²) in [6.45, 7) is 4.02. The van der Waals surface area contributed by atoms with Crippen molar-refractivity contribution in [2.45, 2.75) is 26.7 Å². The number of nitrogens with zero attached hydrogens (tertiary/aromatic N) is 1. The first-order chi connectivity index (χ1) is 6.79.